The van der Waals surface area contributed by atoms with Crippen LogP contribution in [-0.2, 0) is 12.3 Å². The van der Waals surface area contributed by atoms with E-state index in [4.69, 9.17) is 0 Å². The van der Waals surface area contributed by atoms with Crippen LogP contribution < -0.4 is 5.56 Å². The second-order valence-electron chi connectivity index (χ2n) is 6.21. The van der Waals surface area contributed by atoms with Crippen molar-refractivity contribution in [3.8, 4) is 11.4 Å². The van der Waals surface area contributed by atoms with Gasteiger partial charge in [0.1, 0.15) is 10.7 Å². The summed E-state index contributed by atoms with van der Waals surface area (Å²) in [7, 11) is 0. The van der Waals surface area contributed by atoms with Gasteiger partial charge in [-0.05, 0) is 31.5 Å². The molecule has 0 radical (unpaired) electrons. The van der Waals surface area contributed by atoms with Gasteiger partial charge in [-0.3, -0.25) is 14.3 Å². The number of H-pyrrole nitrogens is 1. The summed E-state index contributed by atoms with van der Waals surface area (Å²) >= 11 is 3.03. The van der Waals surface area contributed by atoms with Gasteiger partial charge in [-0.15, -0.1) is 28.1 Å². The number of aromatic nitrogens is 6. The predicted octanol–water partition coefficient (Wildman–Crippen LogP) is 3.73. The number of rotatable bonds is 6. The van der Waals surface area contributed by atoms with Crippen LogP contribution in [0.15, 0.2) is 47.1 Å². The Morgan fingerprint density at radius 3 is 2.82 bits per heavy atom. The molecule has 0 amide bonds. The van der Waals surface area contributed by atoms with Crippen LogP contribution >= 0.6 is 23.1 Å². The second-order valence-corrected chi connectivity index (χ2v) is 8.35. The van der Waals surface area contributed by atoms with Crippen molar-refractivity contribution < 1.29 is 0 Å². The summed E-state index contributed by atoms with van der Waals surface area (Å²) in [5.41, 5.74) is 1.85. The maximum Gasteiger partial charge on any atom is 0.259 e. The fourth-order valence-corrected chi connectivity index (χ4v) is 4.77. The highest BCUT2D eigenvalue weighted by molar-refractivity contribution is 7.98. The topological polar surface area (TPSA) is 89.4 Å². The van der Waals surface area contributed by atoms with Gasteiger partial charge in [0.2, 0.25) is 0 Å². The zero-order valence-electron chi connectivity index (χ0n) is 15.5. The molecule has 0 aliphatic rings. The standard InChI is InChI=1S/C19H18N6OS2/c1-4-9-25-16(13-5-7-20-8-6-13)23-24-19(25)27-10-14-21-17(26)15-11(2)12(3)28-18(15)22-14/h4-8H,1,9-10H2,2-3H3,(H,21,22,26). The molecule has 0 spiro atoms. The number of allylic oxidation sites excluding steroid dienone is 1. The quantitative estimate of drug-likeness (QED) is 0.385. The Morgan fingerprint density at radius 2 is 2.07 bits per heavy atom. The number of pyridine rings is 1. The lowest BCUT2D eigenvalue weighted by molar-refractivity contribution is 0.730. The van der Waals surface area contributed by atoms with E-state index in [1.807, 2.05) is 36.6 Å². The average Bonchev–Trinajstić information content (AvgIpc) is 3.22. The second kappa shape index (κ2) is 7.69. The number of aryl methyl sites for hydroxylation is 2. The van der Waals surface area contributed by atoms with Crippen molar-refractivity contribution in [2.45, 2.75) is 31.3 Å². The molecule has 7 nitrogen and oxygen atoms in total. The zero-order valence-corrected chi connectivity index (χ0v) is 17.1. The number of fused-ring (bicyclic) bond motifs is 1. The lowest BCUT2D eigenvalue weighted by Crippen LogP contribution is -2.11. The number of nitrogens with one attached hydrogen (secondary N) is 1. The molecule has 0 aliphatic carbocycles. The lowest BCUT2D eigenvalue weighted by atomic mass is 10.2. The minimum absolute atomic E-state index is 0.0903. The summed E-state index contributed by atoms with van der Waals surface area (Å²) < 4.78 is 1.99. The van der Waals surface area contributed by atoms with Gasteiger partial charge in [0.25, 0.3) is 5.56 Å². The normalized spacial score (nSPS) is 11.2. The minimum atomic E-state index is -0.0903. The van der Waals surface area contributed by atoms with Crippen LogP contribution in [0, 0.1) is 13.8 Å². The molecule has 4 heterocycles. The van der Waals surface area contributed by atoms with Crippen molar-refractivity contribution in [1.29, 1.82) is 0 Å². The third kappa shape index (κ3) is 3.38. The van der Waals surface area contributed by atoms with Gasteiger partial charge in [-0.25, -0.2) is 4.98 Å². The van der Waals surface area contributed by atoms with E-state index in [2.05, 4.69) is 31.7 Å². The van der Waals surface area contributed by atoms with E-state index >= 15 is 0 Å². The lowest BCUT2D eigenvalue weighted by Gasteiger charge is -2.07. The van der Waals surface area contributed by atoms with Gasteiger partial charge in [-0.1, -0.05) is 17.8 Å². The van der Waals surface area contributed by atoms with Crippen LogP contribution in [0.1, 0.15) is 16.3 Å². The molecule has 0 saturated carbocycles. The fraction of sp³-hybridized carbons (Fsp3) is 0.211. The summed E-state index contributed by atoms with van der Waals surface area (Å²) in [4.78, 5) is 25.9. The van der Waals surface area contributed by atoms with Crippen LogP contribution in [0.3, 0.4) is 0 Å². The van der Waals surface area contributed by atoms with Crippen LogP contribution in [0.5, 0.6) is 0 Å². The summed E-state index contributed by atoms with van der Waals surface area (Å²) in [6.07, 6.45) is 5.26. The first-order chi connectivity index (χ1) is 13.6. The minimum Gasteiger partial charge on any atom is -0.309 e. The third-order valence-corrected chi connectivity index (χ3v) is 6.47. The summed E-state index contributed by atoms with van der Waals surface area (Å²) in [6.45, 7) is 8.38. The molecule has 0 aromatic carbocycles. The predicted molar refractivity (Wildman–Crippen MR) is 113 cm³/mol. The Hall–Kier alpha value is -2.78. The van der Waals surface area contributed by atoms with Crippen LogP contribution in [0.25, 0.3) is 21.6 Å². The molecule has 9 heteroatoms. The Balaban J connectivity index is 1.63. The summed E-state index contributed by atoms with van der Waals surface area (Å²) in [6, 6.07) is 3.79. The molecular formula is C19H18N6OS2. The highest BCUT2D eigenvalue weighted by Crippen LogP contribution is 2.28. The van der Waals surface area contributed by atoms with Crippen molar-refractivity contribution in [1.82, 2.24) is 29.7 Å². The molecule has 0 bridgehead atoms. The number of hydrogen-bond acceptors (Lipinski definition) is 7. The highest BCUT2D eigenvalue weighted by Gasteiger charge is 2.16. The molecule has 28 heavy (non-hydrogen) atoms. The first-order valence-electron chi connectivity index (χ1n) is 8.64. The van der Waals surface area contributed by atoms with Gasteiger partial charge in [-0.2, -0.15) is 0 Å². The smallest absolute Gasteiger partial charge is 0.259 e. The van der Waals surface area contributed by atoms with Gasteiger partial charge in [0.05, 0.1) is 11.1 Å². The van der Waals surface area contributed by atoms with Gasteiger partial charge >= 0.3 is 0 Å². The molecule has 0 unspecified atom stereocenters. The first kappa shape index (κ1) is 18.6. The van der Waals surface area contributed by atoms with Crippen molar-refractivity contribution in [2.75, 3.05) is 0 Å². The molecule has 142 valence electrons. The highest BCUT2D eigenvalue weighted by atomic mass is 32.2. The molecular weight excluding hydrogens is 392 g/mol. The monoisotopic (exact) mass is 410 g/mol. The molecule has 0 fully saturated rings. The Morgan fingerprint density at radius 1 is 1.29 bits per heavy atom. The number of aromatic amines is 1. The molecule has 4 aromatic heterocycles. The first-order valence-corrected chi connectivity index (χ1v) is 10.4. The summed E-state index contributed by atoms with van der Waals surface area (Å²) in [5.74, 6) is 1.88. The maximum absolute atomic E-state index is 12.5. The van der Waals surface area contributed by atoms with Crippen molar-refractivity contribution >= 4 is 33.3 Å². The van der Waals surface area contributed by atoms with Crippen LogP contribution in [0.4, 0.5) is 0 Å². The molecule has 0 atom stereocenters. The third-order valence-electron chi connectivity index (χ3n) is 4.39. The van der Waals surface area contributed by atoms with Gasteiger partial charge < -0.3 is 4.98 Å². The number of nitrogens with zero attached hydrogens (tertiary/aromatic N) is 5. The van der Waals surface area contributed by atoms with Crippen molar-refractivity contribution in [3.63, 3.8) is 0 Å². The molecule has 1 N–H and O–H groups in total. The molecule has 0 saturated heterocycles. The Labute approximate surface area is 169 Å². The summed E-state index contributed by atoms with van der Waals surface area (Å²) in [5, 5.41) is 10.1. The van der Waals surface area contributed by atoms with Crippen molar-refractivity contribution in [3.05, 3.63) is 63.8 Å². The molecule has 4 rings (SSSR count). The molecule has 0 aliphatic heterocycles. The van der Waals surface area contributed by atoms with E-state index in [1.54, 1.807) is 23.7 Å². The molecule has 4 aromatic rings. The van der Waals surface area contributed by atoms with E-state index in [0.717, 1.165) is 31.8 Å². The van der Waals surface area contributed by atoms with Crippen LogP contribution in [0.2, 0.25) is 0 Å². The fourth-order valence-electron chi connectivity index (χ4n) is 2.90. The van der Waals surface area contributed by atoms with E-state index in [-0.39, 0.29) is 5.56 Å². The Kier molecular flexibility index (Phi) is 5.10. The largest absolute Gasteiger partial charge is 0.309 e. The van der Waals surface area contributed by atoms with E-state index in [1.165, 1.54) is 11.8 Å². The van der Waals surface area contributed by atoms with Gasteiger partial charge in [0.15, 0.2) is 11.0 Å². The Bertz CT molecular complexity index is 1210. The van der Waals surface area contributed by atoms with Crippen LogP contribution in [-0.4, -0.2) is 29.7 Å². The maximum atomic E-state index is 12.5. The number of thiophene rings is 1. The average molecular weight is 411 g/mol. The zero-order chi connectivity index (χ0) is 19.7. The number of hydrogen-bond donors (Lipinski definition) is 1. The van der Waals surface area contributed by atoms with Crippen molar-refractivity contribution in [2.24, 2.45) is 0 Å². The van der Waals surface area contributed by atoms with E-state index < -0.39 is 0 Å². The van der Waals surface area contributed by atoms with Gasteiger partial charge in [0, 0.05) is 29.4 Å². The van der Waals surface area contributed by atoms with E-state index in [0.29, 0.717) is 23.5 Å². The SMILES string of the molecule is C=CCn1c(SCc2nc3sc(C)c(C)c3c(=O)[nH]2)nnc1-c1ccncc1. The number of thioether (sulfide) groups is 1. The van der Waals surface area contributed by atoms with E-state index in [9.17, 15) is 4.79 Å².